The van der Waals surface area contributed by atoms with E-state index in [0.29, 0.717) is 11.9 Å². The number of rotatable bonds is 12. The van der Waals surface area contributed by atoms with Gasteiger partial charge in [0.15, 0.2) is 0 Å². The van der Waals surface area contributed by atoms with Crippen molar-refractivity contribution in [1.82, 2.24) is 0 Å². The van der Waals surface area contributed by atoms with Crippen LogP contribution in [0.1, 0.15) is 90.4 Å². The zero-order valence-electron chi connectivity index (χ0n) is 12.8. The van der Waals surface area contributed by atoms with E-state index in [1.807, 2.05) is 0 Å². The molecule has 0 aromatic heterocycles. The third-order valence-electron chi connectivity index (χ3n) is 4.06. The van der Waals surface area contributed by atoms with Gasteiger partial charge in [0.05, 0.1) is 6.10 Å². The fraction of sp³-hybridized carbons (Fsp3) is 0.941. The zero-order chi connectivity index (χ0) is 13.8. The number of ketones is 1. The van der Waals surface area contributed by atoms with Crippen molar-refractivity contribution < 1.29 is 9.53 Å². The first kappa shape index (κ1) is 16.7. The Bertz CT molecular complexity index is 219. The summed E-state index contributed by atoms with van der Waals surface area (Å²) < 4.78 is 5.57. The molecule has 0 bridgehead atoms. The highest BCUT2D eigenvalue weighted by molar-refractivity contribution is 5.78. The molecule has 0 aliphatic carbocycles. The van der Waals surface area contributed by atoms with Crippen LogP contribution >= 0.6 is 0 Å². The maximum absolute atomic E-state index is 11.7. The molecule has 1 fully saturated rings. The highest BCUT2D eigenvalue weighted by Gasteiger charge is 2.15. The summed E-state index contributed by atoms with van der Waals surface area (Å²) in [6.45, 7) is 3.17. The van der Waals surface area contributed by atoms with Gasteiger partial charge in [-0.15, -0.1) is 0 Å². The molecule has 0 aromatic rings. The average molecular weight is 268 g/mol. The molecule has 0 spiro atoms. The van der Waals surface area contributed by atoms with Gasteiger partial charge in [-0.25, -0.2) is 0 Å². The van der Waals surface area contributed by atoms with Crippen molar-refractivity contribution in [2.24, 2.45) is 0 Å². The van der Waals surface area contributed by atoms with Gasteiger partial charge in [0.2, 0.25) is 0 Å². The normalized spacial score (nSPS) is 18.9. The quantitative estimate of drug-likeness (QED) is 0.463. The lowest BCUT2D eigenvalue weighted by Gasteiger charge is -2.08. The Morgan fingerprint density at radius 3 is 2.37 bits per heavy atom. The van der Waals surface area contributed by atoms with E-state index in [0.717, 1.165) is 38.7 Å². The Hall–Kier alpha value is -0.370. The van der Waals surface area contributed by atoms with E-state index in [2.05, 4.69) is 6.92 Å². The summed E-state index contributed by atoms with van der Waals surface area (Å²) in [5, 5.41) is 0. The van der Waals surface area contributed by atoms with Crippen LogP contribution in [0.3, 0.4) is 0 Å². The minimum Gasteiger partial charge on any atom is -0.378 e. The molecule has 112 valence electrons. The molecule has 2 nitrogen and oxygen atoms in total. The van der Waals surface area contributed by atoms with Gasteiger partial charge in [-0.2, -0.15) is 0 Å². The Kier molecular flexibility index (Phi) is 10.1. The van der Waals surface area contributed by atoms with Crippen LogP contribution < -0.4 is 0 Å². The van der Waals surface area contributed by atoms with Crippen molar-refractivity contribution in [3.05, 3.63) is 0 Å². The lowest BCUT2D eigenvalue weighted by atomic mass is 10.0. The van der Waals surface area contributed by atoms with Gasteiger partial charge in [-0.3, -0.25) is 4.79 Å². The maximum Gasteiger partial charge on any atom is 0.132 e. The lowest BCUT2D eigenvalue weighted by Crippen LogP contribution is -2.06. The second kappa shape index (κ2) is 11.5. The van der Waals surface area contributed by atoms with Gasteiger partial charge in [-0.05, 0) is 32.1 Å². The van der Waals surface area contributed by atoms with Gasteiger partial charge >= 0.3 is 0 Å². The minimum atomic E-state index is 0.450. The predicted octanol–water partition coefficient (Wildman–Crippen LogP) is 5.05. The van der Waals surface area contributed by atoms with Gasteiger partial charge < -0.3 is 4.74 Å². The van der Waals surface area contributed by atoms with Crippen molar-refractivity contribution in [2.75, 3.05) is 6.61 Å². The van der Waals surface area contributed by atoms with Crippen LogP contribution in [-0.2, 0) is 9.53 Å². The van der Waals surface area contributed by atoms with Crippen LogP contribution in [0.2, 0.25) is 0 Å². The molecule has 0 aromatic carbocycles. The highest BCUT2D eigenvalue weighted by Crippen LogP contribution is 2.18. The summed E-state index contributed by atoms with van der Waals surface area (Å²) in [5.41, 5.74) is 0. The first-order valence-corrected chi connectivity index (χ1v) is 8.46. The van der Waals surface area contributed by atoms with Crippen molar-refractivity contribution in [3.8, 4) is 0 Å². The van der Waals surface area contributed by atoms with Crippen LogP contribution in [-0.4, -0.2) is 18.5 Å². The van der Waals surface area contributed by atoms with E-state index >= 15 is 0 Å². The van der Waals surface area contributed by atoms with Crippen LogP contribution in [0.4, 0.5) is 0 Å². The molecule has 1 heterocycles. The zero-order valence-corrected chi connectivity index (χ0v) is 12.8. The van der Waals surface area contributed by atoms with Gasteiger partial charge in [0, 0.05) is 19.4 Å². The van der Waals surface area contributed by atoms with E-state index in [1.54, 1.807) is 0 Å². The number of unbranched alkanes of at least 4 members (excludes halogenated alkanes) is 6. The number of ether oxygens (including phenoxy) is 1. The van der Waals surface area contributed by atoms with Crippen molar-refractivity contribution >= 4 is 5.78 Å². The highest BCUT2D eigenvalue weighted by atomic mass is 16.5. The second-order valence-electron chi connectivity index (χ2n) is 5.94. The SMILES string of the molecule is CCCCCCCCCC(=O)CCCC1CCCO1. The molecule has 2 heteroatoms. The van der Waals surface area contributed by atoms with E-state index in [-0.39, 0.29) is 0 Å². The van der Waals surface area contributed by atoms with Crippen molar-refractivity contribution in [2.45, 2.75) is 96.5 Å². The topological polar surface area (TPSA) is 26.3 Å². The second-order valence-corrected chi connectivity index (χ2v) is 5.94. The molecule has 19 heavy (non-hydrogen) atoms. The molecule has 0 radical (unpaired) electrons. The number of carbonyl (C=O) groups excluding carboxylic acids is 1. The third-order valence-corrected chi connectivity index (χ3v) is 4.06. The minimum absolute atomic E-state index is 0.450. The Morgan fingerprint density at radius 1 is 1.00 bits per heavy atom. The fourth-order valence-corrected chi connectivity index (χ4v) is 2.80. The summed E-state index contributed by atoms with van der Waals surface area (Å²) in [7, 11) is 0. The standard InChI is InChI=1S/C17H32O2/c1-2-3-4-5-6-7-8-11-16(18)12-9-13-17-14-10-15-19-17/h17H,2-15H2,1H3. The van der Waals surface area contributed by atoms with Crippen molar-refractivity contribution in [1.29, 1.82) is 0 Å². The van der Waals surface area contributed by atoms with E-state index < -0.39 is 0 Å². The monoisotopic (exact) mass is 268 g/mol. The predicted molar refractivity (Wildman–Crippen MR) is 80.4 cm³/mol. The summed E-state index contributed by atoms with van der Waals surface area (Å²) in [5.74, 6) is 0.464. The number of Topliss-reactive ketones (excluding diaryl/α,β-unsaturated/α-hetero) is 1. The molecule has 1 aliphatic heterocycles. The van der Waals surface area contributed by atoms with Crippen LogP contribution in [0.15, 0.2) is 0 Å². The Morgan fingerprint density at radius 2 is 1.68 bits per heavy atom. The summed E-state index contributed by atoms with van der Waals surface area (Å²) in [6, 6.07) is 0. The summed E-state index contributed by atoms with van der Waals surface area (Å²) >= 11 is 0. The van der Waals surface area contributed by atoms with E-state index in [1.165, 1.54) is 51.4 Å². The molecule has 1 saturated heterocycles. The largest absolute Gasteiger partial charge is 0.378 e. The first-order valence-electron chi connectivity index (χ1n) is 8.46. The molecule has 1 aliphatic rings. The third kappa shape index (κ3) is 9.21. The first-order chi connectivity index (χ1) is 9.33. The van der Waals surface area contributed by atoms with E-state index in [4.69, 9.17) is 4.74 Å². The molecule has 0 amide bonds. The molecule has 1 rings (SSSR count). The fourth-order valence-electron chi connectivity index (χ4n) is 2.80. The molecule has 1 atom stereocenters. The number of hydrogen-bond acceptors (Lipinski definition) is 2. The molecule has 0 saturated carbocycles. The van der Waals surface area contributed by atoms with E-state index in [9.17, 15) is 4.79 Å². The lowest BCUT2D eigenvalue weighted by molar-refractivity contribution is -0.119. The number of carbonyl (C=O) groups is 1. The molecular formula is C17H32O2. The average Bonchev–Trinajstić information content (AvgIpc) is 2.91. The van der Waals surface area contributed by atoms with Gasteiger partial charge in [0.25, 0.3) is 0 Å². The smallest absolute Gasteiger partial charge is 0.132 e. The molecule has 0 N–H and O–H groups in total. The number of hydrogen-bond donors (Lipinski definition) is 0. The van der Waals surface area contributed by atoms with Crippen molar-refractivity contribution in [3.63, 3.8) is 0 Å². The van der Waals surface area contributed by atoms with Crippen LogP contribution in [0, 0.1) is 0 Å². The molecule has 1 unspecified atom stereocenters. The Labute approximate surface area is 119 Å². The van der Waals surface area contributed by atoms with Crippen LogP contribution in [0.5, 0.6) is 0 Å². The summed E-state index contributed by atoms with van der Waals surface area (Å²) in [6.07, 6.45) is 15.6. The van der Waals surface area contributed by atoms with Gasteiger partial charge in [-0.1, -0.05) is 45.4 Å². The van der Waals surface area contributed by atoms with Gasteiger partial charge in [0.1, 0.15) is 5.78 Å². The Balaban J connectivity index is 1.82. The molecular weight excluding hydrogens is 236 g/mol. The maximum atomic E-state index is 11.7. The summed E-state index contributed by atoms with van der Waals surface area (Å²) in [4.78, 5) is 11.7. The van der Waals surface area contributed by atoms with Crippen LogP contribution in [0.25, 0.3) is 0 Å².